The molecule has 2 heterocycles. The topological polar surface area (TPSA) is 93.5 Å². The van der Waals surface area contributed by atoms with E-state index in [1.54, 1.807) is 13.0 Å². The van der Waals surface area contributed by atoms with E-state index in [2.05, 4.69) is 10.6 Å². The van der Waals surface area contributed by atoms with Gasteiger partial charge in [-0.3, -0.25) is 9.59 Å². The highest BCUT2D eigenvalue weighted by Gasteiger charge is 2.44. The van der Waals surface area contributed by atoms with Crippen molar-refractivity contribution in [3.8, 4) is 0 Å². The summed E-state index contributed by atoms with van der Waals surface area (Å²) < 4.78 is 5.29. The summed E-state index contributed by atoms with van der Waals surface area (Å²) in [5, 5.41) is 5.66. The van der Waals surface area contributed by atoms with E-state index in [4.69, 9.17) is 10.5 Å². The molecule has 2 amide bonds. The van der Waals surface area contributed by atoms with Gasteiger partial charge >= 0.3 is 0 Å². The van der Waals surface area contributed by atoms with Crippen LogP contribution in [-0.4, -0.2) is 36.8 Å². The lowest BCUT2D eigenvalue weighted by molar-refractivity contribution is -0.125. The molecule has 0 spiro atoms. The quantitative estimate of drug-likeness (QED) is 0.759. The van der Waals surface area contributed by atoms with Crippen molar-refractivity contribution in [3.63, 3.8) is 0 Å². The molecule has 0 aliphatic carbocycles. The Kier molecular flexibility index (Phi) is 3.64. The van der Waals surface area contributed by atoms with Crippen molar-refractivity contribution in [2.75, 3.05) is 29.6 Å². The summed E-state index contributed by atoms with van der Waals surface area (Å²) in [6, 6.07) is 5.17. The Hall–Kier alpha value is -1.57. The van der Waals surface area contributed by atoms with E-state index in [1.165, 1.54) is 11.8 Å². The maximum absolute atomic E-state index is 12.4. The highest BCUT2D eigenvalue weighted by molar-refractivity contribution is 8.00. The molecule has 1 saturated heterocycles. The Morgan fingerprint density at radius 1 is 1.57 bits per heavy atom. The number of hydrogen-bond donors (Lipinski definition) is 3. The van der Waals surface area contributed by atoms with Crippen LogP contribution in [0.25, 0.3) is 0 Å². The van der Waals surface area contributed by atoms with Crippen molar-refractivity contribution < 1.29 is 14.3 Å². The van der Waals surface area contributed by atoms with E-state index in [1.807, 2.05) is 12.1 Å². The van der Waals surface area contributed by atoms with Crippen molar-refractivity contribution in [2.24, 2.45) is 11.1 Å². The van der Waals surface area contributed by atoms with Gasteiger partial charge in [0, 0.05) is 16.6 Å². The van der Waals surface area contributed by atoms with Gasteiger partial charge in [-0.15, -0.1) is 11.8 Å². The second-order valence-corrected chi connectivity index (χ2v) is 6.56. The summed E-state index contributed by atoms with van der Waals surface area (Å²) in [6.45, 7) is 2.51. The number of thioether (sulfide) groups is 1. The highest BCUT2D eigenvalue weighted by atomic mass is 32.2. The van der Waals surface area contributed by atoms with Crippen molar-refractivity contribution in [3.05, 3.63) is 18.2 Å². The number of carbonyl (C=O) groups excluding carboxylic acids is 2. The second kappa shape index (κ2) is 5.32. The normalized spacial score (nSPS) is 27.9. The molecule has 7 heteroatoms. The molecule has 1 aromatic carbocycles. The predicted molar refractivity (Wildman–Crippen MR) is 81.3 cm³/mol. The van der Waals surface area contributed by atoms with Crippen molar-refractivity contribution in [1.29, 1.82) is 0 Å². The molecule has 4 N–H and O–H groups in total. The Morgan fingerprint density at radius 2 is 2.38 bits per heavy atom. The van der Waals surface area contributed by atoms with E-state index in [0.29, 0.717) is 24.7 Å². The predicted octanol–water partition coefficient (Wildman–Crippen LogP) is 1.03. The summed E-state index contributed by atoms with van der Waals surface area (Å²) in [7, 11) is 0. The van der Waals surface area contributed by atoms with Crippen molar-refractivity contribution in [2.45, 2.75) is 17.9 Å². The first-order valence-corrected chi connectivity index (χ1v) is 7.69. The summed E-state index contributed by atoms with van der Waals surface area (Å²) >= 11 is 1.48. The Balaban J connectivity index is 1.78. The lowest BCUT2D eigenvalue weighted by atomic mass is 9.85. The maximum atomic E-state index is 12.4. The number of ether oxygens (including phenoxy) is 1. The van der Waals surface area contributed by atoms with Crippen LogP contribution in [-0.2, 0) is 14.3 Å². The number of benzene rings is 1. The standard InChI is InChI=1S/C14H17N3O3S/c1-14(7-20-5-11(14)15)13(19)16-8-2-3-10-9(4-8)17-12(18)6-21-10/h2-4,11H,5-7,15H2,1H3,(H,16,19)(H,17,18). The van der Waals surface area contributed by atoms with Crippen LogP contribution in [0.4, 0.5) is 11.4 Å². The first-order valence-electron chi connectivity index (χ1n) is 6.70. The first-order chi connectivity index (χ1) is 9.99. The largest absolute Gasteiger partial charge is 0.379 e. The van der Waals surface area contributed by atoms with Gasteiger partial charge < -0.3 is 21.1 Å². The van der Waals surface area contributed by atoms with Crippen molar-refractivity contribution >= 4 is 35.0 Å². The van der Waals surface area contributed by atoms with Gasteiger partial charge in [0.05, 0.1) is 30.1 Å². The second-order valence-electron chi connectivity index (χ2n) is 5.54. The van der Waals surface area contributed by atoms with Crippen LogP contribution in [0.2, 0.25) is 0 Å². The van der Waals surface area contributed by atoms with Crippen LogP contribution in [0, 0.1) is 5.41 Å². The van der Waals surface area contributed by atoms with E-state index >= 15 is 0 Å². The third-order valence-corrected chi connectivity index (χ3v) is 4.98. The number of hydrogen-bond acceptors (Lipinski definition) is 5. The first kappa shape index (κ1) is 14.4. The van der Waals surface area contributed by atoms with Gasteiger partial charge in [0.25, 0.3) is 0 Å². The average Bonchev–Trinajstić information content (AvgIpc) is 2.79. The van der Waals surface area contributed by atoms with Gasteiger partial charge in [-0.05, 0) is 25.1 Å². The minimum absolute atomic E-state index is 0.0332. The molecule has 2 unspecified atom stereocenters. The molecular formula is C14H17N3O3S. The zero-order chi connectivity index (χ0) is 15.0. The van der Waals surface area contributed by atoms with Crippen LogP contribution in [0.5, 0.6) is 0 Å². The fourth-order valence-electron chi connectivity index (χ4n) is 2.36. The average molecular weight is 307 g/mol. The third-order valence-electron chi connectivity index (χ3n) is 3.91. The molecule has 3 rings (SSSR count). The molecule has 0 bridgehead atoms. The van der Waals surface area contributed by atoms with Gasteiger partial charge in [0.2, 0.25) is 11.8 Å². The fraction of sp³-hybridized carbons (Fsp3) is 0.429. The van der Waals surface area contributed by atoms with Crippen LogP contribution < -0.4 is 16.4 Å². The maximum Gasteiger partial charge on any atom is 0.234 e. The molecule has 21 heavy (non-hydrogen) atoms. The lowest BCUT2D eigenvalue weighted by Crippen LogP contribution is -2.47. The number of fused-ring (bicyclic) bond motifs is 1. The van der Waals surface area contributed by atoms with Gasteiger partial charge in [-0.25, -0.2) is 0 Å². The molecule has 1 fully saturated rings. The molecule has 0 saturated carbocycles. The number of amides is 2. The van der Waals surface area contributed by atoms with Crippen LogP contribution in [0.15, 0.2) is 23.1 Å². The number of rotatable bonds is 2. The Bertz CT molecular complexity index is 607. The third kappa shape index (κ3) is 2.64. The smallest absolute Gasteiger partial charge is 0.234 e. The monoisotopic (exact) mass is 307 g/mol. The summed E-state index contributed by atoms with van der Waals surface area (Å²) in [6.07, 6.45) is 0. The summed E-state index contributed by atoms with van der Waals surface area (Å²) in [5.74, 6) is 0.222. The number of nitrogens with two attached hydrogens (primary N) is 1. The molecule has 2 aliphatic heterocycles. The SMILES string of the molecule is CC1(C(=O)Nc2ccc3c(c2)NC(=O)CS3)COCC1N. The minimum Gasteiger partial charge on any atom is -0.379 e. The molecule has 1 aromatic rings. The van der Waals surface area contributed by atoms with Gasteiger partial charge in [-0.2, -0.15) is 0 Å². The fourth-order valence-corrected chi connectivity index (χ4v) is 3.15. The minimum atomic E-state index is -0.728. The van der Waals surface area contributed by atoms with Crippen LogP contribution in [0.1, 0.15) is 6.92 Å². The van der Waals surface area contributed by atoms with Crippen LogP contribution >= 0.6 is 11.8 Å². The molecular weight excluding hydrogens is 290 g/mol. The molecule has 0 aromatic heterocycles. The van der Waals surface area contributed by atoms with E-state index in [9.17, 15) is 9.59 Å². The number of nitrogens with one attached hydrogen (secondary N) is 2. The highest BCUT2D eigenvalue weighted by Crippen LogP contribution is 2.34. The van der Waals surface area contributed by atoms with Gasteiger partial charge in [-0.1, -0.05) is 0 Å². The zero-order valence-electron chi connectivity index (χ0n) is 11.6. The van der Waals surface area contributed by atoms with E-state index in [-0.39, 0.29) is 17.9 Å². The Labute approximate surface area is 126 Å². The zero-order valence-corrected chi connectivity index (χ0v) is 12.5. The summed E-state index contributed by atoms with van der Waals surface area (Å²) in [4.78, 5) is 24.8. The van der Waals surface area contributed by atoms with E-state index < -0.39 is 5.41 Å². The molecule has 2 atom stereocenters. The van der Waals surface area contributed by atoms with Gasteiger partial charge in [0.1, 0.15) is 0 Å². The molecule has 112 valence electrons. The number of carbonyl (C=O) groups is 2. The van der Waals surface area contributed by atoms with Crippen LogP contribution in [0.3, 0.4) is 0 Å². The lowest BCUT2D eigenvalue weighted by Gasteiger charge is -2.26. The van der Waals surface area contributed by atoms with E-state index in [0.717, 1.165) is 10.6 Å². The molecule has 6 nitrogen and oxygen atoms in total. The van der Waals surface area contributed by atoms with Crippen molar-refractivity contribution in [1.82, 2.24) is 0 Å². The Morgan fingerprint density at radius 3 is 3.10 bits per heavy atom. The molecule has 0 radical (unpaired) electrons. The van der Waals surface area contributed by atoms with Gasteiger partial charge in [0.15, 0.2) is 0 Å². The summed E-state index contributed by atoms with van der Waals surface area (Å²) in [5.41, 5.74) is 6.59. The molecule has 2 aliphatic rings. The number of anilines is 2.